The van der Waals surface area contributed by atoms with Gasteiger partial charge in [-0.15, -0.1) is 0 Å². The van der Waals surface area contributed by atoms with Crippen LogP contribution in [-0.2, 0) is 0 Å². The van der Waals surface area contributed by atoms with Crippen molar-refractivity contribution in [2.24, 2.45) is 5.73 Å². The van der Waals surface area contributed by atoms with Crippen molar-refractivity contribution < 1.29 is 9.72 Å². The Morgan fingerprint density at radius 2 is 2.30 bits per heavy atom. The first-order valence-electron chi connectivity index (χ1n) is 6.55. The summed E-state index contributed by atoms with van der Waals surface area (Å²) in [4.78, 5) is 21.8. The smallest absolute Gasteiger partial charge is 0.292 e. The molecule has 7 nitrogen and oxygen atoms in total. The molecule has 7 heteroatoms. The minimum absolute atomic E-state index is 0.0406. The second-order valence-electron chi connectivity index (χ2n) is 5.07. The zero-order chi connectivity index (χ0) is 14.7. The number of hydrogen-bond acceptors (Lipinski definition) is 5. The molecule has 1 aromatic carbocycles. The normalized spacial score (nSPS) is 22.2. The summed E-state index contributed by atoms with van der Waals surface area (Å²) in [6.45, 7) is 2.93. The van der Waals surface area contributed by atoms with E-state index in [0.717, 1.165) is 19.4 Å². The Morgan fingerprint density at radius 1 is 1.55 bits per heavy atom. The molecule has 0 bridgehead atoms. The zero-order valence-electron chi connectivity index (χ0n) is 11.3. The lowest BCUT2D eigenvalue weighted by molar-refractivity contribution is -0.384. The molecule has 4 N–H and O–H groups in total. The standard InChI is InChI=1S/C13H18N4O3/c1-8-6-10(4-5-15-8)16-11-7-9(13(14)18)2-3-12(11)17(19)20/h2-3,7-8,10,15-16H,4-6H2,1H3,(H2,14,18). The number of amides is 1. The molecule has 1 aliphatic rings. The summed E-state index contributed by atoms with van der Waals surface area (Å²) in [7, 11) is 0. The highest BCUT2D eigenvalue weighted by Gasteiger charge is 2.22. The topological polar surface area (TPSA) is 110 Å². The van der Waals surface area contributed by atoms with E-state index in [1.165, 1.54) is 18.2 Å². The van der Waals surface area contributed by atoms with Crippen molar-refractivity contribution in [3.8, 4) is 0 Å². The number of piperidine rings is 1. The Bertz CT molecular complexity index is 532. The highest BCUT2D eigenvalue weighted by molar-refractivity contribution is 5.94. The molecule has 1 aliphatic heterocycles. The van der Waals surface area contributed by atoms with Crippen molar-refractivity contribution in [1.29, 1.82) is 0 Å². The first-order valence-corrected chi connectivity index (χ1v) is 6.55. The molecule has 0 radical (unpaired) electrons. The summed E-state index contributed by atoms with van der Waals surface area (Å²) < 4.78 is 0. The first-order chi connectivity index (χ1) is 9.47. The third-order valence-corrected chi connectivity index (χ3v) is 3.46. The Morgan fingerprint density at radius 3 is 2.90 bits per heavy atom. The van der Waals surface area contributed by atoms with Crippen LogP contribution in [0.3, 0.4) is 0 Å². The van der Waals surface area contributed by atoms with Crippen molar-refractivity contribution in [1.82, 2.24) is 5.32 Å². The Kier molecular flexibility index (Phi) is 4.19. The predicted molar refractivity (Wildman–Crippen MR) is 75.7 cm³/mol. The molecule has 108 valence electrons. The molecule has 20 heavy (non-hydrogen) atoms. The molecule has 1 fully saturated rings. The molecule has 0 aliphatic carbocycles. The van der Waals surface area contributed by atoms with Crippen LogP contribution in [0.1, 0.15) is 30.1 Å². The lowest BCUT2D eigenvalue weighted by atomic mass is 10.00. The number of nitrogens with two attached hydrogens (primary N) is 1. The fourth-order valence-corrected chi connectivity index (χ4v) is 2.45. The number of primary amides is 1. The van der Waals surface area contributed by atoms with Gasteiger partial charge in [0.15, 0.2) is 0 Å². The molecule has 1 aromatic rings. The highest BCUT2D eigenvalue weighted by atomic mass is 16.6. The quantitative estimate of drug-likeness (QED) is 0.567. The third kappa shape index (κ3) is 3.24. The summed E-state index contributed by atoms with van der Waals surface area (Å²) in [6.07, 6.45) is 1.75. The predicted octanol–water partition coefficient (Wildman–Crippen LogP) is 1.25. The summed E-state index contributed by atoms with van der Waals surface area (Å²) in [5.41, 5.74) is 5.79. The maximum absolute atomic E-state index is 11.2. The number of benzene rings is 1. The lowest BCUT2D eigenvalue weighted by Crippen LogP contribution is -2.41. The second kappa shape index (κ2) is 5.87. The van der Waals surface area contributed by atoms with Gasteiger partial charge in [-0.1, -0.05) is 0 Å². The van der Waals surface area contributed by atoms with Gasteiger partial charge in [0.25, 0.3) is 5.69 Å². The van der Waals surface area contributed by atoms with E-state index in [1.54, 1.807) is 0 Å². The van der Waals surface area contributed by atoms with Crippen molar-refractivity contribution >= 4 is 17.3 Å². The van der Waals surface area contributed by atoms with Crippen LogP contribution in [0, 0.1) is 10.1 Å². The number of carbonyl (C=O) groups excluding carboxylic acids is 1. The molecule has 0 spiro atoms. The van der Waals surface area contributed by atoms with E-state index < -0.39 is 10.8 Å². The monoisotopic (exact) mass is 278 g/mol. The summed E-state index contributed by atoms with van der Waals surface area (Å²) in [5, 5.41) is 17.5. The molecular weight excluding hydrogens is 260 g/mol. The maximum Gasteiger partial charge on any atom is 0.292 e. The molecule has 2 rings (SSSR count). The van der Waals surface area contributed by atoms with Crippen LogP contribution < -0.4 is 16.4 Å². The highest BCUT2D eigenvalue weighted by Crippen LogP contribution is 2.27. The molecule has 0 aromatic heterocycles. The minimum atomic E-state index is -0.596. The Hall–Kier alpha value is -2.15. The number of nitrogens with zero attached hydrogens (tertiary/aromatic N) is 1. The molecule has 2 unspecified atom stereocenters. The fourth-order valence-electron chi connectivity index (χ4n) is 2.45. The largest absolute Gasteiger partial charge is 0.377 e. The van der Waals surface area contributed by atoms with Gasteiger partial charge in [0.05, 0.1) is 4.92 Å². The van der Waals surface area contributed by atoms with Crippen LogP contribution in [0.25, 0.3) is 0 Å². The van der Waals surface area contributed by atoms with Gasteiger partial charge in [0.2, 0.25) is 5.91 Å². The van der Waals surface area contributed by atoms with Crippen molar-refractivity contribution in [3.63, 3.8) is 0 Å². The van der Waals surface area contributed by atoms with Crippen LogP contribution >= 0.6 is 0 Å². The van der Waals surface area contributed by atoms with Crippen molar-refractivity contribution in [3.05, 3.63) is 33.9 Å². The number of nitro benzene ring substituents is 1. The first kappa shape index (κ1) is 14.3. The maximum atomic E-state index is 11.2. The van der Waals surface area contributed by atoms with E-state index in [0.29, 0.717) is 11.7 Å². The van der Waals surface area contributed by atoms with Gasteiger partial charge in [-0.2, -0.15) is 0 Å². The van der Waals surface area contributed by atoms with Crippen LogP contribution in [0.5, 0.6) is 0 Å². The third-order valence-electron chi connectivity index (χ3n) is 3.46. The van der Waals surface area contributed by atoms with E-state index in [-0.39, 0.29) is 17.3 Å². The average molecular weight is 278 g/mol. The van der Waals surface area contributed by atoms with Crippen molar-refractivity contribution in [2.45, 2.75) is 31.8 Å². The summed E-state index contributed by atoms with van der Waals surface area (Å²) in [6, 6.07) is 4.64. The molecule has 1 heterocycles. The molecule has 1 amide bonds. The van der Waals surface area contributed by atoms with Gasteiger partial charge in [-0.05, 0) is 38.4 Å². The summed E-state index contributed by atoms with van der Waals surface area (Å²) in [5.74, 6) is -0.596. The number of nitrogens with one attached hydrogen (secondary N) is 2. The van der Waals surface area contributed by atoms with Crippen LogP contribution in [0.2, 0.25) is 0 Å². The van der Waals surface area contributed by atoms with E-state index >= 15 is 0 Å². The molecular formula is C13H18N4O3. The lowest BCUT2D eigenvalue weighted by Gasteiger charge is -2.29. The van der Waals surface area contributed by atoms with E-state index in [2.05, 4.69) is 17.6 Å². The zero-order valence-corrected chi connectivity index (χ0v) is 11.3. The van der Waals surface area contributed by atoms with E-state index in [1.807, 2.05) is 0 Å². The van der Waals surface area contributed by atoms with Gasteiger partial charge in [0, 0.05) is 23.7 Å². The molecule has 0 saturated carbocycles. The molecule has 1 saturated heterocycles. The SMILES string of the molecule is CC1CC(Nc2cc(C(N)=O)ccc2[N+](=O)[O-])CCN1. The van der Waals surface area contributed by atoms with Gasteiger partial charge in [-0.3, -0.25) is 14.9 Å². The van der Waals surface area contributed by atoms with E-state index in [4.69, 9.17) is 5.73 Å². The number of anilines is 1. The van der Waals surface area contributed by atoms with Crippen LogP contribution in [0.15, 0.2) is 18.2 Å². The molecule has 2 atom stereocenters. The van der Waals surface area contributed by atoms with Gasteiger partial charge < -0.3 is 16.4 Å². The van der Waals surface area contributed by atoms with Crippen LogP contribution in [0.4, 0.5) is 11.4 Å². The average Bonchev–Trinajstić information content (AvgIpc) is 2.38. The second-order valence-corrected chi connectivity index (χ2v) is 5.07. The van der Waals surface area contributed by atoms with Crippen LogP contribution in [-0.4, -0.2) is 29.5 Å². The Balaban J connectivity index is 2.25. The van der Waals surface area contributed by atoms with Crippen molar-refractivity contribution in [2.75, 3.05) is 11.9 Å². The minimum Gasteiger partial charge on any atom is -0.377 e. The Labute approximate surface area is 116 Å². The number of carbonyl (C=O) groups is 1. The van der Waals surface area contributed by atoms with Gasteiger partial charge in [-0.25, -0.2) is 0 Å². The van der Waals surface area contributed by atoms with Gasteiger partial charge in [0.1, 0.15) is 5.69 Å². The number of nitro groups is 1. The number of hydrogen-bond donors (Lipinski definition) is 3. The number of rotatable bonds is 4. The fraction of sp³-hybridized carbons (Fsp3) is 0.462. The summed E-state index contributed by atoms with van der Waals surface area (Å²) >= 11 is 0. The van der Waals surface area contributed by atoms with E-state index in [9.17, 15) is 14.9 Å². The van der Waals surface area contributed by atoms with Gasteiger partial charge >= 0.3 is 0 Å².